The molecule has 1 aliphatic heterocycles. The third-order valence-corrected chi connectivity index (χ3v) is 4.38. The molecule has 4 heteroatoms. The molecule has 0 aliphatic carbocycles. The highest BCUT2D eigenvalue weighted by atomic mass is 19.1. The number of halogens is 1. The zero-order valence-corrected chi connectivity index (χ0v) is 12.4. The van der Waals surface area contributed by atoms with E-state index in [-0.39, 0.29) is 5.82 Å². The van der Waals surface area contributed by atoms with E-state index in [1.165, 1.54) is 12.1 Å². The van der Waals surface area contributed by atoms with E-state index < -0.39 is 5.60 Å². The predicted molar refractivity (Wildman–Crippen MR) is 80.7 cm³/mol. The molecule has 2 aromatic rings. The second-order valence-electron chi connectivity index (χ2n) is 6.02. The summed E-state index contributed by atoms with van der Waals surface area (Å²) < 4.78 is 19.1. The van der Waals surface area contributed by atoms with Crippen molar-refractivity contribution in [1.82, 2.24) is 4.90 Å². The lowest BCUT2D eigenvalue weighted by Gasteiger charge is -2.24. The Bertz CT molecular complexity index is 624. The zero-order chi connectivity index (χ0) is 14.9. The van der Waals surface area contributed by atoms with Gasteiger partial charge in [0.15, 0.2) is 0 Å². The summed E-state index contributed by atoms with van der Waals surface area (Å²) in [7, 11) is 0. The van der Waals surface area contributed by atoms with Crippen molar-refractivity contribution >= 4 is 11.0 Å². The summed E-state index contributed by atoms with van der Waals surface area (Å²) in [6.45, 7) is 5.13. The maximum Gasteiger partial charge on any atom is 0.136 e. The molecule has 114 valence electrons. The van der Waals surface area contributed by atoms with Gasteiger partial charge in [-0.1, -0.05) is 6.92 Å². The highest BCUT2D eigenvalue weighted by molar-refractivity contribution is 5.78. The molecule has 1 aromatic heterocycles. The SMILES string of the molecule is CCCN1CCCC(O)(c2cc3cc(F)ccc3o2)CC1. The van der Waals surface area contributed by atoms with E-state index in [1.807, 2.05) is 0 Å². The van der Waals surface area contributed by atoms with Crippen LogP contribution in [-0.2, 0) is 5.60 Å². The first-order valence-electron chi connectivity index (χ1n) is 7.75. The first-order valence-corrected chi connectivity index (χ1v) is 7.75. The van der Waals surface area contributed by atoms with Crippen molar-refractivity contribution in [2.45, 2.75) is 38.2 Å². The molecule has 21 heavy (non-hydrogen) atoms. The first-order chi connectivity index (χ1) is 10.1. The monoisotopic (exact) mass is 291 g/mol. The van der Waals surface area contributed by atoms with E-state index in [0.717, 1.165) is 32.5 Å². The van der Waals surface area contributed by atoms with Crippen LogP contribution in [0.25, 0.3) is 11.0 Å². The third kappa shape index (κ3) is 2.97. The molecular weight excluding hydrogens is 269 g/mol. The number of rotatable bonds is 3. The topological polar surface area (TPSA) is 36.6 Å². The fraction of sp³-hybridized carbons (Fsp3) is 0.529. The summed E-state index contributed by atoms with van der Waals surface area (Å²) in [4.78, 5) is 2.39. The van der Waals surface area contributed by atoms with E-state index in [4.69, 9.17) is 4.42 Å². The lowest BCUT2D eigenvalue weighted by atomic mass is 9.92. The van der Waals surface area contributed by atoms with Crippen LogP contribution < -0.4 is 0 Å². The van der Waals surface area contributed by atoms with Crippen LogP contribution in [0.15, 0.2) is 28.7 Å². The van der Waals surface area contributed by atoms with Gasteiger partial charge in [0.1, 0.15) is 22.8 Å². The van der Waals surface area contributed by atoms with Crippen LogP contribution in [0.1, 0.15) is 38.4 Å². The van der Waals surface area contributed by atoms with Gasteiger partial charge in [-0.05, 0) is 63.0 Å². The summed E-state index contributed by atoms with van der Waals surface area (Å²) in [6.07, 6.45) is 3.43. The van der Waals surface area contributed by atoms with Gasteiger partial charge in [-0.15, -0.1) is 0 Å². The second-order valence-corrected chi connectivity index (χ2v) is 6.02. The average molecular weight is 291 g/mol. The van der Waals surface area contributed by atoms with Gasteiger partial charge in [0, 0.05) is 11.9 Å². The molecule has 1 N–H and O–H groups in total. The highest BCUT2D eigenvalue weighted by Gasteiger charge is 2.35. The molecule has 0 bridgehead atoms. The Hall–Kier alpha value is -1.39. The average Bonchev–Trinajstić information content (AvgIpc) is 2.79. The zero-order valence-electron chi connectivity index (χ0n) is 12.4. The molecule has 1 aromatic carbocycles. The van der Waals surface area contributed by atoms with E-state index in [0.29, 0.717) is 29.6 Å². The van der Waals surface area contributed by atoms with Crippen LogP contribution >= 0.6 is 0 Å². The van der Waals surface area contributed by atoms with E-state index >= 15 is 0 Å². The van der Waals surface area contributed by atoms with Crippen LogP contribution in [0.5, 0.6) is 0 Å². The van der Waals surface area contributed by atoms with Gasteiger partial charge < -0.3 is 14.4 Å². The molecule has 1 fully saturated rings. The highest BCUT2D eigenvalue weighted by Crippen LogP contribution is 2.36. The molecule has 0 radical (unpaired) electrons. The third-order valence-electron chi connectivity index (χ3n) is 4.38. The second kappa shape index (κ2) is 5.78. The fourth-order valence-electron chi connectivity index (χ4n) is 3.20. The number of furan rings is 1. The van der Waals surface area contributed by atoms with Gasteiger partial charge in [-0.3, -0.25) is 0 Å². The Kier molecular flexibility index (Phi) is 4.00. The van der Waals surface area contributed by atoms with Crippen LogP contribution in [-0.4, -0.2) is 29.6 Å². The summed E-state index contributed by atoms with van der Waals surface area (Å²) in [5.74, 6) is 0.290. The molecule has 2 heterocycles. The molecular formula is C17H22FNO2. The largest absolute Gasteiger partial charge is 0.458 e. The van der Waals surface area contributed by atoms with Crippen LogP contribution in [0.3, 0.4) is 0 Å². The first kappa shape index (κ1) is 14.5. The Morgan fingerprint density at radius 3 is 2.95 bits per heavy atom. The Labute approximate surface area is 124 Å². The normalized spacial score (nSPS) is 24.3. The smallest absolute Gasteiger partial charge is 0.136 e. The van der Waals surface area contributed by atoms with Crippen molar-refractivity contribution in [3.8, 4) is 0 Å². The number of aliphatic hydroxyl groups is 1. The quantitative estimate of drug-likeness (QED) is 0.937. The Balaban J connectivity index is 1.86. The molecule has 0 amide bonds. The van der Waals surface area contributed by atoms with Crippen molar-refractivity contribution in [1.29, 1.82) is 0 Å². The van der Waals surface area contributed by atoms with Gasteiger partial charge in [0.2, 0.25) is 0 Å². The summed E-state index contributed by atoms with van der Waals surface area (Å²) in [5, 5.41) is 11.7. The maximum atomic E-state index is 13.3. The lowest BCUT2D eigenvalue weighted by molar-refractivity contribution is 0.00180. The van der Waals surface area contributed by atoms with Crippen molar-refractivity contribution in [3.05, 3.63) is 35.8 Å². The van der Waals surface area contributed by atoms with E-state index in [2.05, 4.69) is 11.8 Å². The summed E-state index contributed by atoms with van der Waals surface area (Å²) in [5.41, 5.74) is -0.299. The Morgan fingerprint density at radius 1 is 1.29 bits per heavy atom. The standard InChI is InChI=1S/C17H22FNO2/c1-2-8-19-9-3-6-17(20,7-10-19)16-12-13-11-14(18)4-5-15(13)21-16/h4-5,11-12,20H,2-3,6-10H2,1H3. The van der Waals surface area contributed by atoms with Crippen LogP contribution in [0.4, 0.5) is 4.39 Å². The van der Waals surface area contributed by atoms with Crippen molar-refractivity contribution in [2.75, 3.05) is 19.6 Å². The molecule has 3 nitrogen and oxygen atoms in total. The predicted octanol–water partition coefficient (Wildman–Crippen LogP) is 3.66. The molecule has 0 spiro atoms. The van der Waals surface area contributed by atoms with Crippen molar-refractivity contribution < 1.29 is 13.9 Å². The van der Waals surface area contributed by atoms with Crippen molar-refractivity contribution in [3.63, 3.8) is 0 Å². The summed E-state index contributed by atoms with van der Waals surface area (Å²) in [6, 6.07) is 6.24. The number of nitrogens with zero attached hydrogens (tertiary/aromatic N) is 1. The minimum absolute atomic E-state index is 0.281. The number of fused-ring (bicyclic) bond motifs is 1. The minimum Gasteiger partial charge on any atom is -0.458 e. The lowest BCUT2D eigenvalue weighted by Crippen LogP contribution is -2.29. The van der Waals surface area contributed by atoms with E-state index in [1.54, 1.807) is 12.1 Å². The number of hydrogen-bond donors (Lipinski definition) is 1. The molecule has 0 saturated carbocycles. The Morgan fingerprint density at radius 2 is 2.14 bits per heavy atom. The maximum absolute atomic E-state index is 13.3. The fourth-order valence-corrected chi connectivity index (χ4v) is 3.20. The number of likely N-dealkylation sites (tertiary alicyclic amines) is 1. The molecule has 1 saturated heterocycles. The molecule has 1 unspecified atom stereocenters. The summed E-state index contributed by atoms with van der Waals surface area (Å²) >= 11 is 0. The van der Waals surface area contributed by atoms with Gasteiger partial charge in [-0.2, -0.15) is 0 Å². The van der Waals surface area contributed by atoms with Gasteiger partial charge in [0.25, 0.3) is 0 Å². The number of hydrogen-bond acceptors (Lipinski definition) is 3. The van der Waals surface area contributed by atoms with Crippen LogP contribution in [0, 0.1) is 5.82 Å². The van der Waals surface area contributed by atoms with E-state index in [9.17, 15) is 9.50 Å². The molecule has 3 rings (SSSR count). The van der Waals surface area contributed by atoms with Gasteiger partial charge in [-0.25, -0.2) is 4.39 Å². The van der Waals surface area contributed by atoms with Crippen LogP contribution in [0.2, 0.25) is 0 Å². The van der Waals surface area contributed by atoms with Crippen molar-refractivity contribution in [2.24, 2.45) is 0 Å². The minimum atomic E-state index is -0.933. The van der Waals surface area contributed by atoms with Gasteiger partial charge >= 0.3 is 0 Å². The number of benzene rings is 1. The molecule has 1 aliphatic rings. The molecule has 1 atom stereocenters. The van der Waals surface area contributed by atoms with Gasteiger partial charge in [0.05, 0.1) is 0 Å².